The zero-order valence-electron chi connectivity index (χ0n) is 16.3. The predicted octanol–water partition coefficient (Wildman–Crippen LogP) is 4.02. The maximum atomic E-state index is 12.2. The number of hydrogen-bond donors (Lipinski definition) is 3. The Balaban J connectivity index is 1.97. The summed E-state index contributed by atoms with van der Waals surface area (Å²) in [6, 6.07) is 10.7. The van der Waals surface area contributed by atoms with E-state index >= 15 is 0 Å². The monoisotopic (exact) mass is 400 g/mol. The number of thiocarbonyl (C=S) groups is 1. The lowest BCUT2D eigenvalue weighted by Gasteiger charge is -2.16. The van der Waals surface area contributed by atoms with E-state index < -0.39 is 11.9 Å². The minimum Gasteiger partial charge on any atom is -0.483 e. The zero-order chi connectivity index (χ0) is 20.8. The zero-order valence-corrected chi connectivity index (χ0v) is 17.1. The molecule has 7 heteroatoms. The first-order valence-corrected chi connectivity index (χ1v) is 9.27. The van der Waals surface area contributed by atoms with Crippen molar-refractivity contribution in [3.63, 3.8) is 0 Å². The van der Waals surface area contributed by atoms with Crippen LogP contribution in [0.5, 0.6) is 5.75 Å². The molecule has 148 valence electrons. The Labute approximate surface area is 169 Å². The second-order valence-electron chi connectivity index (χ2n) is 6.77. The fourth-order valence-electron chi connectivity index (χ4n) is 2.71. The van der Waals surface area contributed by atoms with E-state index in [9.17, 15) is 14.7 Å². The molecule has 0 aliphatic carbocycles. The molecular formula is C21H24N2O4S. The highest BCUT2D eigenvalue weighted by molar-refractivity contribution is 7.80. The van der Waals surface area contributed by atoms with Gasteiger partial charge in [-0.2, -0.15) is 0 Å². The summed E-state index contributed by atoms with van der Waals surface area (Å²) in [6.45, 7) is 7.57. The van der Waals surface area contributed by atoms with Crippen LogP contribution in [-0.2, 0) is 4.79 Å². The van der Waals surface area contributed by atoms with Crippen LogP contribution in [0, 0.1) is 13.8 Å². The molecule has 2 aromatic carbocycles. The lowest BCUT2D eigenvalue weighted by molar-refractivity contribution is -0.121. The standard InChI is InChI=1S/C21H24N2O4S/c1-12(2)15-9-8-13(3)10-18(15)27-11-19(24)23-21(28)22-17-7-5-6-16(14(17)4)20(25)26/h5-10,12H,11H2,1-4H3,(H,25,26)(H2,22,23,24,28). The number of carboxylic acid groups (broad SMARTS) is 1. The van der Waals surface area contributed by atoms with Crippen molar-refractivity contribution in [3.05, 3.63) is 58.7 Å². The van der Waals surface area contributed by atoms with E-state index in [-0.39, 0.29) is 23.2 Å². The quantitative estimate of drug-likeness (QED) is 0.635. The van der Waals surface area contributed by atoms with Crippen molar-refractivity contribution >= 4 is 34.9 Å². The van der Waals surface area contributed by atoms with E-state index in [1.54, 1.807) is 19.1 Å². The summed E-state index contributed by atoms with van der Waals surface area (Å²) in [5.74, 6) is -0.482. The predicted molar refractivity (Wildman–Crippen MR) is 113 cm³/mol. The molecule has 6 nitrogen and oxygen atoms in total. The normalized spacial score (nSPS) is 10.5. The summed E-state index contributed by atoms with van der Waals surface area (Å²) in [5, 5.41) is 14.7. The Bertz CT molecular complexity index is 909. The van der Waals surface area contributed by atoms with Crippen molar-refractivity contribution in [1.29, 1.82) is 0 Å². The smallest absolute Gasteiger partial charge is 0.336 e. The molecule has 0 saturated heterocycles. The number of ether oxygens (including phenoxy) is 1. The summed E-state index contributed by atoms with van der Waals surface area (Å²) in [6.07, 6.45) is 0. The molecule has 0 saturated carbocycles. The summed E-state index contributed by atoms with van der Waals surface area (Å²) in [5.41, 5.74) is 3.30. The molecule has 0 aliphatic rings. The summed E-state index contributed by atoms with van der Waals surface area (Å²) < 4.78 is 5.69. The van der Waals surface area contributed by atoms with Crippen LogP contribution in [0.15, 0.2) is 36.4 Å². The molecule has 2 rings (SSSR count). The van der Waals surface area contributed by atoms with Crippen molar-refractivity contribution < 1.29 is 19.4 Å². The third-order valence-electron chi connectivity index (χ3n) is 4.22. The fraction of sp³-hybridized carbons (Fsp3) is 0.286. The van der Waals surface area contributed by atoms with Gasteiger partial charge in [0.25, 0.3) is 5.91 Å². The second-order valence-corrected chi connectivity index (χ2v) is 7.18. The molecule has 28 heavy (non-hydrogen) atoms. The third kappa shape index (κ3) is 5.53. The summed E-state index contributed by atoms with van der Waals surface area (Å²) in [7, 11) is 0. The second kappa shape index (κ2) is 9.32. The van der Waals surface area contributed by atoms with E-state index in [0.717, 1.165) is 11.1 Å². The van der Waals surface area contributed by atoms with Gasteiger partial charge in [-0.05, 0) is 66.9 Å². The average molecular weight is 401 g/mol. The van der Waals surface area contributed by atoms with Gasteiger partial charge < -0.3 is 15.2 Å². The van der Waals surface area contributed by atoms with E-state index in [1.807, 2.05) is 25.1 Å². The largest absolute Gasteiger partial charge is 0.483 e. The number of nitrogens with one attached hydrogen (secondary N) is 2. The summed E-state index contributed by atoms with van der Waals surface area (Å²) >= 11 is 5.15. The number of anilines is 1. The van der Waals surface area contributed by atoms with E-state index in [4.69, 9.17) is 17.0 Å². The SMILES string of the molecule is Cc1ccc(C(C)C)c(OCC(=O)NC(=S)Nc2cccc(C(=O)O)c2C)c1. The maximum Gasteiger partial charge on any atom is 0.336 e. The molecule has 0 bridgehead atoms. The number of carbonyl (C=O) groups excluding carboxylic acids is 1. The van der Waals surface area contributed by atoms with Gasteiger partial charge in [0.1, 0.15) is 5.75 Å². The molecule has 0 aliphatic heterocycles. The molecule has 0 aromatic heterocycles. The van der Waals surface area contributed by atoms with Crippen molar-refractivity contribution in [3.8, 4) is 5.75 Å². The Morgan fingerprint density at radius 2 is 1.89 bits per heavy atom. The molecule has 0 atom stereocenters. The van der Waals surface area contributed by atoms with E-state index in [2.05, 4.69) is 24.5 Å². The van der Waals surface area contributed by atoms with Gasteiger partial charge in [0.2, 0.25) is 0 Å². The van der Waals surface area contributed by atoms with Crippen LogP contribution in [0.2, 0.25) is 0 Å². The Morgan fingerprint density at radius 1 is 1.18 bits per heavy atom. The van der Waals surface area contributed by atoms with Gasteiger partial charge in [-0.25, -0.2) is 4.79 Å². The van der Waals surface area contributed by atoms with Gasteiger partial charge in [0.15, 0.2) is 11.7 Å². The number of aromatic carboxylic acids is 1. The first kappa shape index (κ1) is 21.4. The maximum absolute atomic E-state index is 12.2. The van der Waals surface area contributed by atoms with Crippen LogP contribution < -0.4 is 15.4 Å². The minimum absolute atomic E-state index is 0.0764. The number of carboxylic acids is 1. The van der Waals surface area contributed by atoms with Crippen molar-refractivity contribution in [1.82, 2.24) is 5.32 Å². The highest BCUT2D eigenvalue weighted by Crippen LogP contribution is 2.27. The first-order chi connectivity index (χ1) is 13.2. The minimum atomic E-state index is -1.02. The number of amides is 1. The van der Waals surface area contributed by atoms with E-state index in [1.165, 1.54) is 6.07 Å². The Morgan fingerprint density at radius 3 is 2.54 bits per heavy atom. The fourth-order valence-corrected chi connectivity index (χ4v) is 2.93. The molecule has 0 fully saturated rings. The van der Waals surface area contributed by atoms with Crippen LogP contribution in [-0.4, -0.2) is 28.7 Å². The number of rotatable bonds is 6. The molecule has 1 amide bonds. The summed E-state index contributed by atoms with van der Waals surface area (Å²) in [4.78, 5) is 23.4. The Kier molecular flexibility index (Phi) is 7.12. The van der Waals surface area contributed by atoms with Crippen molar-refractivity contribution in [2.75, 3.05) is 11.9 Å². The molecule has 0 radical (unpaired) electrons. The number of aryl methyl sites for hydroxylation is 1. The van der Waals surface area contributed by atoms with Gasteiger partial charge in [0, 0.05) is 5.69 Å². The number of hydrogen-bond acceptors (Lipinski definition) is 4. The van der Waals surface area contributed by atoms with Gasteiger partial charge in [0.05, 0.1) is 5.56 Å². The van der Waals surface area contributed by atoms with Crippen LogP contribution in [0.4, 0.5) is 5.69 Å². The van der Waals surface area contributed by atoms with E-state index in [0.29, 0.717) is 17.0 Å². The van der Waals surface area contributed by atoms with Gasteiger partial charge in [-0.1, -0.05) is 32.0 Å². The van der Waals surface area contributed by atoms with Gasteiger partial charge in [-0.15, -0.1) is 0 Å². The third-order valence-corrected chi connectivity index (χ3v) is 4.42. The van der Waals surface area contributed by atoms with Crippen LogP contribution in [0.25, 0.3) is 0 Å². The first-order valence-electron chi connectivity index (χ1n) is 8.86. The van der Waals surface area contributed by atoms with Gasteiger partial charge >= 0.3 is 5.97 Å². The number of benzene rings is 2. The van der Waals surface area contributed by atoms with Crippen molar-refractivity contribution in [2.24, 2.45) is 0 Å². The molecule has 2 aromatic rings. The Hall–Kier alpha value is -2.93. The van der Waals surface area contributed by atoms with Crippen LogP contribution in [0.3, 0.4) is 0 Å². The molecule has 3 N–H and O–H groups in total. The molecule has 0 heterocycles. The highest BCUT2D eigenvalue weighted by atomic mass is 32.1. The highest BCUT2D eigenvalue weighted by Gasteiger charge is 2.13. The average Bonchev–Trinajstić information content (AvgIpc) is 2.61. The van der Waals surface area contributed by atoms with Crippen LogP contribution >= 0.6 is 12.2 Å². The molecule has 0 unspecified atom stereocenters. The molecular weight excluding hydrogens is 376 g/mol. The molecule has 0 spiro atoms. The number of carbonyl (C=O) groups is 2. The van der Waals surface area contributed by atoms with Crippen LogP contribution in [0.1, 0.15) is 46.8 Å². The lowest BCUT2D eigenvalue weighted by atomic mass is 10.0. The van der Waals surface area contributed by atoms with Gasteiger partial charge in [-0.3, -0.25) is 10.1 Å². The topological polar surface area (TPSA) is 87.7 Å². The lowest BCUT2D eigenvalue weighted by Crippen LogP contribution is -2.37. The van der Waals surface area contributed by atoms with Crippen molar-refractivity contribution in [2.45, 2.75) is 33.6 Å².